The zero-order valence-electron chi connectivity index (χ0n) is 12.4. The lowest BCUT2D eigenvalue weighted by Crippen LogP contribution is -2.42. The first-order chi connectivity index (χ1) is 10.6. The van der Waals surface area contributed by atoms with Crippen LogP contribution in [-0.4, -0.2) is 36.3 Å². The van der Waals surface area contributed by atoms with Crippen LogP contribution in [0.25, 0.3) is 0 Å². The molecule has 6 heteroatoms. The summed E-state index contributed by atoms with van der Waals surface area (Å²) in [5.74, 6) is -0.693. The molecule has 2 aliphatic rings. The molecule has 0 aliphatic carbocycles. The lowest BCUT2D eigenvalue weighted by atomic mass is 9.96. The van der Waals surface area contributed by atoms with Crippen molar-refractivity contribution in [1.82, 2.24) is 4.90 Å². The van der Waals surface area contributed by atoms with E-state index in [4.69, 9.17) is 5.73 Å². The molecule has 0 radical (unpaired) electrons. The SMILES string of the molecule is NCC1CCCN(C(=O)c2cc3c(cc2F)NC(=O)CC3)C1. The van der Waals surface area contributed by atoms with Crippen molar-refractivity contribution < 1.29 is 14.0 Å². The van der Waals surface area contributed by atoms with Crippen LogP contribution in [0, 0.1) is 11.7 Å². The minimum absolute atomic E-state index is 0.0903. The number of carbonyl (C=O) groups is 2. The molecular weight excluding hydrogens is 285 g/mol. The van der Waals surface area contributed by atoms with Crippen molar-refractivity contribution in [2.75, 3.05) is 25.0 Å². The van der Waals surface area contributed by atoms with Gasteiger partial charge < -0.3 is 16.0 Å². The fourth-order valence-electron chi connectivity index (χ4n) is 3.18. The van der Waals surface area contributed by atoms with Crippen LogP contribution in [0.4, 0.5) is 10.1 Å². The van der Waals surface area contributed by atoms with Gasteiger partial charge >= 0.3 is 0 Å². The highest BCUT2D eigenvalue weighted by atomic mass is 19.1. The van der Waals surface area contributed by atoms with Gasteiger partial charge in [0.15, 0.2) is 0 Å². The summed E-state index contributed by atoms with van der Waals surface area (Å²) in [5, 5.41) is 2.64. The van der Waals surface area contributed by atoms with Crippen molar-refractivity contribution in [1.29, 1.82) is 0 Å². The Labute approximate surface area is 128 Å². The maximum absolute atomic E-state index is 14.3. The lowest BCUT2D eigenvalue weighted by molar-refractivity contribution is -0.116. The molecule has 2 aliphatic heterocycles. The molecular formula is C16H20FN3O2. The van der Waals surface area contributed by atoms with Gasteiger partial charge in [-0.3, -0.25) is 9.59 Å². The third-order valence-corrected chi connectivity index (χ3v) is 4.46. The van der Waals surface area contributed by atoms with E-state index in [1.54, 1.807) is 11.0 Å². The van der Waals surface area contributed by atoms with Crippen LogP contribution >= 0.6 is 0 Å². The number of hydrogen-bond donors (Lipinski definition) is 2. The van der Waals surface area contributed by atoms with E-state index in [0.717, 1.165) is 18.4 Å². The second-order valence-corrected chi connectivity index (χ2v) is 6.03. The van der Waals surface area contributed by atoms with E-state index < -0.39 is 5.82 Å². The van der Waals surface area contributed by atoms with E-state index in [0.29, 0.717) is 38.2 Å². The maximum Gasteiger partial charge on any atom is 0.256 e. The van der Waals surface area contributed by atoms with Gasteiger partial charge in [0, 0.05) is 25.2 Å². The molecule has 0 aromatic heterocycles. The fraction of sp³-hybridized carbons (Fsp3) is 0.500. The molecule has 3 rings (SSSR count). The molecule has 2 amide bonds. The van der Waals surface area contributed by atoms with Crippen molar-refractivity contribution in [3.8, 4) is 0 Å². The van der Waals surface area contributed by atoms with E-state index in [2.05, 4.69) is 5.32 Å². The number of anilines is 1. The minimum Gasteiger partial charge on any atom is -0.338 e. The second kappa shape index (κ2) is 6.04. The maximum atomic E-state index is 14.3. The van der Waals surface area contributed by atoms with E-state index in [1.165, 1.54) is 6.07 Å². The summed E-state index contributed by atoms with van der Waals surface area (Å²) < 4.78 is 14.3. The number of likely N-dealkylation sites (tertiary alicyclic amines) is 1. The van der Waals surface area contributed by atoms with Gasteiger partial charge in [0.1, 0.15) is 5.82 Å². The van der Waals surface area contributed by atoms with Gasteiger partial charge in [-0.15, -0.1) is 0 Å². The first-order valence-electron chi connectivity index (χ1n) is 7.70. The third-order valence-electron chi connectivity index (χ3n) is 4.46. The molecule has 1 aromatic carbocycles. The molecule has 1 unspecified atom stereocenters. The molecule has 5 nitrogen and oxygen atoms in total. The van der Waals surface area contributed by atoms with Crippen molar-refractivity contribution >= 4 is 17.5 Å². The Morgan fingerprint density at radius 1 is 1.41 bits per heavy atom. The Bertz CT molecular complexity index is 618. The van der Waals surface area contributed by atoms with Gasteiger partial charge in [0.05, 0.1) is 5.56 Å². The van der Waals surface area contributed by atoms with Crippen LogP contribution in [0.15, 0.2) is 12.1 Å². The van der Waals surface area contributed by atoms with E-state index in [1.807, 2.05) is 0 Å². The number of aryl methyl sites for hydroxylation is 1. The number of nitrogens with zero attached hydrogens (tertiary/aromatic N) is 1. The van der Waals surface area contributed by atoms with Crippen LogP contribution in [0.5, 0.6) is 0 Å². The topological polar surface area (TPSA) is 75.4 Å². The van der Waals surface area contributed by atoms with Crippen LogP contribution in [-0.2, 0) is 11.2 Å². The highest BCUT2D eigenvalue weighted by molar-refractivity contribution is 5.98. The van der Waals surface area contributed by atoms with Gasteiger partial charge in [-0.25, -0.2) is 4.39 Å². The highest BCUT2D eigenvalue weighted by Crippen LogP contribution is 2.27. The number of carbonyl (C=O) groups excluding carboxylic acids is 2. The summed E-state index contributed by atoms with van der Waals surface area (Å²) >= 11 is 0. The standard InChI is InChI=1S/C16H20FN3O2/c17-13-7-14-11(3-4-15(21)19-14)6-12(13)16(22)20-5-1-2-10(8-18)9-20/h6-7,10H,1-5,8-9,18H2,(H,19,21). The summed E-state index contributed by atoms with van der Waals surface area (Å²) in [7, 11) is 0. The van der Waals surface area contributed by atoms with Crippen LogP contribution in [0.1, 0.15) is 35.2 Å². The minimum atomic E-state index is -0.583. The van der Waals surface area contributed by atoms with E-state index >= 15 is 0 Å². The number of rotatable bonds is 2. The fourth-order valence-corrected chi connectivity index (χ4v) is 3.18. The molecule has 2 heterocycles. The lowest BCUT2D eigenvalue weighted by Gasteiger charge is -2.32. The molecule has 0 saturated carbocycles. The summed E-state index contributed by atoms with van der Waals surface area (Å²) in [4.78, 5) is 25.6. The Morgan fingerprint density at radius 2 is 2.23 bits per heavy atom. The van der Waals surface area contributed by atoms with Crippen molar-refractivity contribution in [3.63, 3.8) is 0 Å². The Morgan fingerprint density at radius 3 is 3.00 bits per heavy atom. The first kappa shape index (κ1) is 15.0. The number of benzene rings is 1. The smallest absolute Gasteiger partial charge is 0.256 e. The van der Waals surface area contributed by atoms with Crippen molar-refractivity contribution in [2.24, 2.45) is 11.7 Å². The van der Waals surface area contributed by atoms with Crippen molar-refractivity contribution in [3.05, 3.63) is 29.1 Å². The largest absolute Gasteiger partial charge is 0.338 e. The third kappa shape index (κ3) is 2.83. The van der Waals surface area contributed by atoms with Gasteiger partial charge in [-0.05, 0) is 49.4 Å². The monoisotopic (exact) mass is 305 g/mol. The normalized spacial score (nSPS) is 21.3. The average Bonchev–Trinajstić information content (AvgIpc) is 2.53. The van der Waals surface area contributed by atoms with Crippen LogP contribution in [0.3, 0.4) is 0 Å². The summed E-state index contributed by atoms with van der Waals surface area (Å²) in [5.41, 5.74) is 7.07. The zero-order valence-corrected chi connectivity index (χ0v) is 12.4. The molecule has 1 aromatic rings. The molecule has 1 fully saturated rings. The molecule has 0 bridgehead atoms. The van der Waals surface area contributed by atoms with E-state index in [9.17, 15) is 14.0 Å². The van der Waals surface area contributed by atoms with Gasteiger partial charge in [-0.1, -0.05) is 0 Å². The quantitative estimate of drug-likeness (QED) is 0.870. The summed E-state index contributed by atoms with van der Waals surface area (Å²) in [6, 6.07) is 2.84. The van der Waals surface area contributed by atoms with Crippen molar-refractivity contribution in [2.45, 2.75) is 25.7 Å². The number of nitrogens with one attached hydrogen (secondary N) is 1. The van der Waals surface area contributed by atoms with Crippen LogP contribution < -0.4 is 11.1 Å². The van der Waals surface area contributed by atoms with E-state index in [-0.39, 0.29) is 23.3 Å². The number of fused-ring (bicyclic) bond motifs is 1. The first-order valence-corrected chi connectivity index (χ1v) is 7.70. The Kier molecular flexibility index (Phi) is 4.11. The number of piperidine rings is 1. The molecule has 3 N–H and O–H groups in total. The predicted octanol–water partition coefficient (Wildman–Crippen LogP) is 1.52. The predicted molar refractivity (Wildman–Crippen MR) is 81.0 cm³/mol. The molecule has 1 atom stereocenters. The molecule has 118 valence electrons. The molecule has 22 heavy (non-hydrogen) atoms. The number of amides is 2. The molecule has 0 spiro atoms. The molecule has 1 saturated heterocycles. The Hall–Kier alpha value is -1.95. The van der Waals surface area contributed by atoms with Gasteiger partial charge in [-0.2, -0.15) is 0 Å². The average molecular weight is 305 g/mol. The summed E-state index contributed by atoms with van der Waals surface area (Å²) in [6.07, 6.45) is 2.81. The second-order valence-electron chi connectivity index (χ2n) is 6.03. The number of hydrogen-bond acceptors (Lipinski definition) is 3. The number of halogens is 1. The van der Waals surface area contributed by atoms with Gasteiger partial charge in [0.25, 0.3) is 5.91 Å². The summed E-state index contributed by atoms with van der Waals surface area (Å²) in [6.45, 7) is 1.77. The Balaban J connectivity index is 1.85. The number of nitrogens with two attached hydrogens (primary N) is 1. The van der Waals surface area contributed by atoms with Gasteiger partial charge in [0.2, 0.25) is 5.91 Å². The highest BCUT2D eigenvalue weighted by Gasteiger charge is 2.27. The van der Waals surface area contributed by atoms with Crippen LogP contribution in [0.2, 0.25) is 0 Å². The zero-order chi connectivity index (χ0) is 15.7.